The molecule has 3 heterocycles. The lowest BCUT2D eigenvalue weighted by molar-refractivity contribution is -0.150. The number of aromatic nitrogens is 1. The third-order valence-electron chi connectivity index (χ3n) is 13.5. The van der Waals surface area contributed by atoms with Gasteiger partial charge in [-0.3, -0.25) is 14.5 Å². The van der Waals surface area contributed by atoms with Crippen LogP contribution in [0.1, 0.15) is 156 Å². The first kappa shape index (κ1) is 50.7. The molecule has 11 nitrogen and oxygen atoms in total. The first-order valence-electron chi connectivity index (χ1n) is 21.8. The third-order valence-corrected chi connectivity index (χ3v) is 18.9. The highest BCUT2D eigenvalue weighted by atomic mass is 32.1. The van der Waals surface area contributed by atoms with Gasteiger partial charge in [0.25, 0.3) is 0 Å². The molecule has 0 spiro atoms. The molecule has 2 aliphatic rings. The maximum Gasteiger partial charge on any atom is 0.426 e. The summed E-state index contributed by atoms with van der Waals surface area (Å²) >= 11 is 1.11. The normalized spacial score (nSPS) is 29.3. The number of carbonyl (C=O) groups excluding carboxylic acids is 4. The summed E-state index contributed by atoms with van der Waals surface area (Å²) in [5, 5.41) is 1.95. The molecule has 59 heavy (non-hydrogen) atoms. The number of rotatable bonds is 7. The van der Waals surface area contributed by atoms with Crippen LogP contribution in [0.25, 0.3) is 6.08 Å². The fourth-order valence-electron chi connectivity index (χ4n) is 7.76. The van der Waals surface area contributed by atoms with Crippen LogP contribution < -0.4 is 4.90 Å². The van der Waals surface area contributed by atoms with Crippen LogP contribution in [0.2, 0.25) is 18.1 Å². The minimum Gasteiger partial charge on any atom is -0.458 e. The van der Waals surface area contributed by atoms with E-state index in [1.54, 1.807) is 46.9 Å². The molecule has 0 saturated carbocycles. The monoisotopic (exact) mass is 862 g/mol. The van der Waals surface area contributed by atoms with Crippen molar-refractivity contribution >= 4 is 54.8 Å². The molecule has 1 unspecified atom stereocenters. The SMILES string of the molecule is C/C(=C\c1csc(N(C(=O)OC(C)(C)C)C(=O)OC(C)(C)C)n1)[C@@H]1C[C@@H]2N(CCO[Si](C)(C)C(C)(C)C)[C@]2(C)CCC[C@H](C)[C@H](C)[C@@H](C)C(=O)C(C)(C)[C@@H](C)CC(=O)O1. The molecule has 1 aromatic heterocycles. The fourth-order valence-corrected chi connectivity index (χ4v) is 9.56. The number of fused-ring (bicyclic) bond motifs is 1. The number of nitrogens with zero attached hydrogens (tertiary/aromatic N) is 3. The second-order valence-electron chi connectivity index (χ2n) is 21.8. The Morgan fingerprint density at radius 2 is 1.54 bits per heavy atom. The number of carbonyl (C=O) groups is 4. The van der Waals surface area contributed by atoms with Gasteiger partial charge in [-0.2, -0.15) is 4.90 Å². The number of ketones is 1. The van der Waals surface area contributed by atoms with E-state index in [0.717, 1.165) is 47.6 Å². The van der Waals surface area contributed by atoms with E-state index in [1.807, 2.05) is 33.8 Å². The average molecular weight is 862 g/mol. The zero-order valence-corrected chi connectivity index (χ0v) is 41.9. The van der Waals surface area contributed by atoms with Gasteiger partial charge in [0.1, 0.15) is 23.1 Å². The number of hydrogen-bond donors (Lipinski definition) is 0. The largest absolute Gasteiger partial charge is 0.458 e. The van der Waals surface area contributed by atoms with E-state index < -0.39 is 43.2 Å². The summed E-state index contributed by atoms with van der Waals surface area (Å²) in [6.07, 6.45) is 3.18. The Bertz CT molecular complexity index is 1660. The molecule has 13 heteroatoms. The Kier molecular flexibility index (Phi) is 16.2. The van der Waals surface area contributed by atoms with Gasteiger partial charge in [0, 0.05) is 54.3 Å². The molecule has 0 aromatic carbocycles. The Morgan fingerprint density at radius 1 is 0.983 bits per heavy atom. The Morgan fingerprint density at radius 3 is 2.07 bits per heavy atom. The van der Waals surface area contributed by atoms with Gasteiger partial charge in [0.2, 0.25) is 5.13 Å². The fraction of sp³-hybridized carbons (Fsp3) is 0.804. The molecule has 0 radical (unpaired) electrons. The summed E-state index contributed by atoms with van der Waals surface area (Å²) in [6, 6.07) is 0.141. The molecule has 0 N–H and O–H groups in total. The van der Waals surface area contributed by atoms with Crippen molar-refractivity contribution in [2.24, 2.45) is 29.1 Å². The molecule has 3 rings (SSSR count). The first-order valence-corrected chi connectivity index (χ1v) is 25.5. The predicted molar refractivity (Wildman–Crippen MR) is 241 cm³/mol. The summed E-state index contributed by atoms with van der Waals surface area (Å²) in [7, 11) is -1.96. The van der Waals surface area contributed by atoms with Crippen molar-refractivity contribution in [3.8, 4) is 0 Å². The standard InChI is InChI=1S/C46H79N3O8SSi/c1-29-21-20-22-46(17)36(48(46)23-24-54-59(18,19)44(12,13)14)27-35(55-37(50)26-31(3)45(15,16)38(51)33(5)32(29)4)30(2)25-34-28-58-39(47-34)49(40(52)56-42(6,7)8)41(53)57-43(9,10)11/h25,28-29,31-33,35-36H,20-24,26-27H2,1-19H3/b30-25+/t29-,31-,32-,33+,35-,36-,46+,48?/m0/s1. The molecule has 336 valence electrons. The highest BCUT2D eigenvalue weighted by Gasteiger charge is 2.58. The lowest BCUT2D eigenvalue weighted by Gasteiger charge is -2.36. The molecule has 2 saturated heterocycles. The Labute approximate surface area is 361 Å². The predicted octanol–water partition coefficient (Wildman–Crippen LogP) is 11.7. The smallest absolute Gasteiger partial charge is 0.426 e. The van der Waals surface area contributed by atoms with Crippen LogP contribution in [-0.4, -0.2) is 84.2 Å². The number of amides is 2. The van der Waals surface area contributed by atoms with Gasteiger partial charge < -0.3 is 18.6 Å². The van der Waals surface area contributed by atoms with Crippen LogP contribution in [0.15, 0.2) is 11.0 Å². The minimum absolute atomic E-state index is 0.100. The van der Waals surface area contributed by atoms with Gasteiger partial charge in [-0.1, -0.05) is 75.2 Å². The van der Waals surface area contributed by atoms with E-state index in [9.17, 15) is 19.2 Å². The zero-order valence-electron chi connectivity index (χ0n) is 40.1. The molecular formula is C46H79N3O8SSi. The van der Waals surface area contributed by atoms with Crippen LogP contribution in [-0.2, 0) is 28.2 Å². The highest BCUT2D eigenvalue weighted by Crippen LogP contribution is 2.49. The van der Waals surface area contributed by atoms with Gasteiger partial charge in [0.15, 0.2) is 8.32 Å². The number of hydrogen-bond acceptors (Lipinski definition) is 11. The van der Waals surface area contributed by atoms with E-state index in [4.69, 9.17) is 18.6 Å². The second kappa shape index (κ2) is 18.8. The number of thiazole rings is 1. The van der Waals surface area contributed by atoms with Crippen molar-refractivity contribution in [1.82, 2.24) is 9.88 Å². The average Bonchev–Trinajstić information content (AvgIpc) is 3.34. The van der Waals surface area contributed by atoms with Crippen molar-refractivity contribution in [3.63, 3.8) is 0 Å². The third kappa shape index (κ3) is 13.2. The quantitative estimate of drug-likeness (QED) is 0.113. The summed E-state index contributed by atoms with van der Waals surface area (Å²) in [6.45, 7) is 39.8. The summed E-state index contributed by atoms with van der Waals surface area (Å²) in [4.78, 5) is 62.7. The second-order valence-corrected chi connectivity index (χ2v) is 27.5. The van der Waals surface area contributed by atoms with E-state index in [-0.39, 0.29) is 57.7 Å². The topological polar surface area (TPSA) is 124 Å². The molecule has 2 amide bonds. The summed E-state index contributed by atoms with van der Waals surface area (Å²) in [5.74, 6) is 0.0408. The van der Waals surface area contributed by atoms with Crippen LogP contribution in [0.3, 0.4) is 0 Å². The maximum atomic E-state index is 14.0. The maximum absolute atomic E-state index is 14.0. The van der Waals surface area contributed by atoms with Crippen molar-refractivity contribution in [2.75, 3.05) is 18.1 Å². The van der Waals surface area contributed by atoms with Crippen LogP contribution >= 0.6 is 11.3 Å². The lowest BCUT2D eigenvalue weighted by atomic mass is 9.67. The number of cyclic esters (lactones) is 1. The van der Waals surface area contributed by atoms with E-state index in [0.29, 0.717) is 24.6 Å². The van der Waals surface area contributed by atoms with E-state index >= 15 is 0 Å². The summed E-state index contributed by atoms with van der Waals surface area (Å²) < 4.78 is 24.3. The Hall–Kier alpha value is -2.61. The molecular weight excluding hydrogens is 783 g/mol. The molecule has 0 bridgehead atoms. The molecule has 2 fully saturated rings. The van der Waals surface area contributed by atoms with Gasteiger partial charge in [-0.25, -0.2) is 14.6 Å². The van der Waals surface area contributed by atoms with Crippen molar-refractivity contribution in [1.29, 1.82) is 0 Å². The van der Waals surface area contributed by atoms with Gasteiger partial charge >= 0.3 is 18.2 Å². The van der Waals surface area contributed by atoms with Crippen LogP contribution in [0, 0.1) is 29.1 Å². The number of ether oxygens (including phenoxy) is 3. The molecule has 0 aliphatic carbocycles. The van der Waals surface area contributed by atoms with Crippen LogP contribution in [0.5, 0.6) is 0 Å². The number of anilines is 1. The lowest BCUT2D eigenvalue weighted by Crippen LogP contribution is -2.43. The zero-order chi connectivity index (χ0) is 45.3. The highest BCUT2D eigenvalue weighted by molar-refractivity contribution is 7.14. The molecule has 2 aliphatic heterocycles. The number of imide groups is 1. The van der Waals surface area contributed by atoms with Gasteiger partial charge in [-0.15, -0.1) is 11.3 Å². The Balaban J connectivity index is 2.04. The molecule has 1 aromatic rings. The van der Waals surface area contributed by atoms with Crippen molar-refractivity contribution < 1.29 is 37.8 Å². The van der Waals surface area contributed by atoms with E-state index in [2.05, 4.69) is 71.4 Å². The van der Waals surface area contributed by atoms with Gasteiger partial charge in [0.05, 0.1) is 5.69 Å². The minimum atomic E-state index is -1.96. The van der Waals surface area contributed by atoms with Gasteiger partial charge in [-0.05, 0) is 109 Å². The number of esters is 1. The summed E-state index contributed by atoms with van der Waals surface area (Å²) in [5.41, 5.74) is -1.28. The molecule has 8 atom stereocenters. The van der Waals surface area contributed by atoms with E-state index in [1.165, 1.54) is 0 Å². The van der Waals surface area contributed by atoms with Crippen molar-refractivity contribution in [3.05, 3.63) is 16.6 Å². The van der Waals surface area contributed by atoms with Crippen molar-refractivity contribution in [2.45, 2.75) is 197 Å². The number of Topliss-reactive ketones (excluding diaryl/α,β-unsaturated/α-hetero) is 1. The van der Waals surface area contributed by atoms with Crippen LogP contribution in [0.4, 0.5) is 14.7 Å². The first-order chi connectivity index (χ1) is 26.7.